The maximum atomic E-state index is 14.9. The number of halogens is 1. The van der Waals surface area contributed by atoms with Crippen LogP contribution in [0.5, 0.6) is 5.75 Å². The third-order valence-electron chi connectivity index (χ3n) is 6.89. The summed E-state index contributed by atoms with van der Waals surface area (Å²) in [5.41, 5.74) is 1.20. The Labute approximate surface area is 251 Å². The van der Waals surface area contributed by atoms with Crippen molar-refractivity contribution in [3.05, 3.63) is 126 Å². The van der Waals surface area contributed by atoms with E-state index in [4.69, 9.17) is 4.74 Å². The molecule has 224 valence electrons. The monoisotopic (exact) mass is 603 g/mol. The number of nitrogens with one attached hydrogen (secondary N) is 1. The Balaban J connectivity index is 1.79. The van der Waals surface area contributed by atoms with Crippen LogP contribution in [0.4, 0.5) is 10.1 Å². The average Bonchev–Trinajstić information content (AvgIpc) is 3.03. The fourth-order valence-electron chi connectivity index (χ4n) is 4.65. The van der Waals surface area contributed by atoms with Crippen LogP contribution < -0.4 is 14.4 Å². The zero-order valence-corrected chi connectivity index (χ0v) is 24.8. The second-order valence-electron chi connectivity index (χ2n) is 9.74. The molecule has 0 heterocycles. The van der Waals surface area contributed by atoms with Gasteiger partial charge in [-0.2, -0.15) is 0 Å². The largest absolute Gasteiger partial charge is 0.497 e. The second-order valence-corrected chi connectivity index (χ2v) is 11.6. The molecule has 0 aliphatic carbocycles. The van der Waals surface area contributed by atoms with Gasteiger partial charge in [0.15, 0.2) is 0 Å². The second kappa shape index (κ2) is 14.5. The van der Waals surface area contributed by atoms with Crippen LogP contribution >= 0.6 is 0 Å². The van der Waals surface area contributed by atoms with E-state index in [9.17, 15) is 22.4 Å². The summed E-state index contributed by atoms with van der Waals surface area (Å²) in [4.78, 5) is 29.0. The number of rotatable bonds is 13. The number of carbonyl (C=O) groups is 2. The van der Waals surface area contributed by atoms with Crippen LogP contribution in [0.3, 0.4) is 0 Å². The van der Waals surface area contributed by atoms with Gasteiger partial charge in [0.05, 0.1) is 17.7 Å². The van der Waals surface area contributed by atoms with E-state index in [2.05, 4.69) is 5.32 Å². The van der Waals surface area contributed by atoms with Gasteiger partial charge in [-0.05, 0) is 55.0 Å². The molecule has 4 aromatic carbocycles. The molecule has 1 N–H and O–H groups in total. The standard InChI is InChI=1S/C33H34FN3O5S/c1-3-35-33(39)31(22-25-12-6-4-7-13-25)36(23-26-14-10-11-17-30(26)34)32(38)24-37(27-18-20-28(42-2)21-19-27)43(40,41)29-15-8-5-9-16-29/h4-21,31H,3,22-24H2,1-2H3,(H,35,39). The molecule has 4 rings (SSSR count). The summed E-state index contributed by atoms with van der Waals surface area (Å²) >= 11 is 0. The van der Waals surface area contributed by atoms with Gasteiger partial charge in [0.2, 0.25) is 11.8 Å². The molecule has 2 amide bonds. The number of nitrogens with zero attached hydrogens (tertiary/aromatic N) is 2. The lowest BCUT2D eigenvalue weighted by Gasteiger charge is -2.34. The highest BCUT2D eigenvalue weighted by Gasteiger charge is 2.34. The van der Waals surface area contributed by atoms with Gasteiger partial charge in [0.1, 0.15) is 24.2 Å². The quantitative estimate of drug-likeness (QED) is 0.237. The Morgan fingerprint density at radius 2 is 1.47 bits per heavy atom. The lowest BCUT2D eigenvalue weighted by Crippen LogP contribution is -2.53. The van der Waals surface area contributed by atoms with Gasteiger partial charge in [0, 0.05) is 25.1 Å². The van der Waals surface area contributed by atoms with E-state index in [0.29, 0.717) is 12.3 Å². The van der Waals surface area contributed by atoms with Gasteiger partial charge < -0.3 is 15.0 Å². The van der Waals surface area contributed by atoms with Crippen molar-refractivity contribution in [2.75, 3.05) is 24.5 Å². The summed E-state index contributed by atoms with van der Waals surface area (Å²) in [5.74, 6) is -1.14. The van der Waals surface area contributed by atoms with E-state index in [-0.39, 0.29) is 29.1 Å². The predicted molar refractivity (Wildman–Crippen MR) is 164 cm³/mol. The number of likely N-dealkylation sites (N-methyl/N-ethyl adjacent to an activating group) is 1. The number of anilines is 1. The Kier molecular flexibility index (Phi) is 10.5. The normalized spacial score (nSPS) is 11.8. The van der Waals surface area contributed by atoms with Crippen molar-refractivity contribution in [2.24, 2.45) is 0 Å². The average molecular weight is 604 g/mol. The van der Waals surface area contributed by atoms with E-state index >= 15 is 0 Å². The number of ether oxygens (including phenoxy) is 1. The third kappa shape index (κ3) is 7.78. The molecular weight excluding hydrogens is 569 g/mol. The van der Waals surface area contributed by atoms with E-state index < -0.39 is 40.2 Å². The van der Waals surface area contributed by atoms with Crippen molar-refractivity contribution in [3.63, 3.8) is 0 Å². The van der Waals surface area contributed by atoms with Crippen molar-refractivity contribution >= 4 is 27.5 Å². The number of hydrogen-bond donors (Lipinski definition) is 1. The van der Waals surface area contributed by atoms with E-state index in [1.165, 1.54) is 42.3 Å². The van der Waals surface area contributed by atoms with Gasteiger partial charge >= 0.3 is 0 Å². The van der Waals surface area contributed by atoms with Crippen molar-refractivity contribution < 1.29 is 27.1 Å². The predicted octanol–water partition coefficient (Wildman–Crippen LogP) is 4.81. The SMILES string of the molecule is CCNC(=O)C(Cc1ccccc1)N(Cc1ccccc1F)C(=O)CN(c1ccc(OC)cc1)S(=O)(=O)c1ccccc1. The highest BCUT2D eigenvalue weighted by molar-refractivity contribution is 7.92. The number of carbonyl (C=O) groups excluding carboxylic acids is 2. The zero-order valence-electron chi connectivity index (χ0n) is 24.0. The molecular formula is C33H34FN3O5S. The highest BCUT2D eigenvalue weighted by Crippen LogP contribution is 2.27. The number of benzene rings is 4. The van der Waals surface area contributed by atoms with Crippen LogP contribution in [0, 0.1) is 5.82 Å². The molecule has 0 fully saturated rings. The van der Waals surface area contributed by atoms with Crippen molar-refractivity contribution in [2.45, 2.75) is 30.8 Å². The smallest absolute Gasteiger partial charge is 0.264 e. The van der Waals surface area contributed by atoms with E-state index in [1.807, 2.05) is 30.3 Å². The molecule has 43 heavy (non-hydrogen) atoms. The summed E-state index contributed by atoms with van der Waals surface area (Å²) in [6.07, 6.45) is 0.140. The lowest BCUT2D eigenvalue weighted by molar-refractivity contribution is -0.140. The van der Waals surface area contributed by atoms with Crippen molar-refractivity contribution in [3.8, 4) is 5.75 Å². The summed E-state index contributed by atoms with van der Waals surface area (Å²) in [5, 5.41) is 2.78. The third-order valence-corrected chi connectivity index (χ3v) is 8.68. The summed E-state index contributed by atoms with van der Waals surface area (Å²) < 4.78 is 49.0. The molecule has 0 aromatic heterocycles. The molecule has 0 saturated carbocycles. The molecule has 0 aliphatic rings. The van der Waals surface area contributed by atoms with Gasteiger partial charge in [-0.1, -0.05) is 66.7 Å². The number of amides is 2. The lowest BCUT2D eigenvalue weighted by atomic mass is 10.0. The molecule has 0 bridgehead atoms. The van der Waals surface area contributed by atoms with Crippen molar-refractivity contribution in [1.82, 2.24) is 10.2 Å². The fourth-order valence-corrected chi connectivity index (χ4v) is 6.09. The van der Waals surface area contributed by atoms with Gasteiger partial charge in [0.25, 0.3) is 10.0 Å². The zero-order chi connectivity index (χ0) is 30.8. The fraction of sp³-hybridized carbons (Fsp3) is 0.212. The van der Waals surface area contributed by atoms with E-state index in [0.717, 1.165) is 9.87 Å². The molecule has 1 atom stereocenters. The van der Waals surface area contributed by atoms with Crippen LogP contribution in [0.15, 0.2) is 114 Å². The first-order chi connectivity index (χ1) is 20.7. The number of methoxy groups -OCH3 is 1. The Hall–Kier alpha value is -4.70. The maximum Gasteiger partial charge on any atom is 0.264 e. The molecule has 0 aliphatic heterocycles. The molecule has 8 nitrogen and oxygen atoms in total. The summed E-state index contributed by atoms with van der Waals surface area (Å²) in [6, 6.07) is 28.1. The number of hydrogen-bond acceptors (Lipinski definition) is 5. The minimum Gasteiger partial charge on any atom is -0.497 e. The maximum absolute atomic E-state index is 14.9. The summed E-state index contributed by atoms with van der Waals surface area (Å²) in [6.45, 7) is 1.19. The topological polar surface area (TPSA) is 96.0 Å². The van der Waals surface area contributed by atoms with Crippen LogP contribution in [0.25, 0.3) is 0 Å². The van der Waals surface area contributed by atoms with E-state index in [1.54, 1.807) is 55.5 Å². The van der Waals surface area contributed by atoms with Crippen LogP contribution in [0.1, 0.15) is 18.1 Å². The Morgan fingerprint density at radius 3 is 2.07 bits per heavy atom. The minimum absolute atomic E-state index is 0.0103. The van der Waals surface area contributed by atoms with Crippen LogP contribution in [-0.2, 0) is 32.6 Å². The highest BCUT2D eigenvalue weighted by atomic mass is 32.2. The van der Waals surface area contributed by atoms with Gasteiger partial charge in [-0.25, -0.2) is 12.8 Å². The summed E-state index contributed by atoms with van der Waals surface area (Å²) in [7, 11) is -2.74. The van der Waals surface area contributed by atoms with Crippen LogP contribution in [0.2, 0.25) is 0 Å². The minimum atomic E-state index is -4.23. The van der Waals surface area contributed by atoms with Crippen molar-refractivity contribution in [1.29, 1.82) is 0 Å². The van der Waals surface area contributed by atoms with Crippen LogP contribution in [-0.4, -0.2) is 51.4 Å². The molecule has 0 radical (unpaired) electrons. The van der Waals surface area contributed by atoms with Gasteiger partial charge in [-0.3, -0.25) is 13.9 Å². The first-order valence-electron chi connectivity index (χ1n) is 13.8. The molecule has 4 aromatic rings. The number of sulfonamides is 1. The Bertz CT molecular complexity index is 1620. The molecule has 1 unspecified atom stereocenters. The Morgan fingerprint density at radius 1 is 0.860 bits per heavy atom. The molecule has 0 spiro atoms. The first-order valence-corrected chi connectivity index (χ1v) is 15.2. The van der Waals surface area contributed by atoms with Gasteiger partial charge in [-0.15, -0.1) is 0 Å². The molecule has 0 saturated heterocycles. The first kappa shape index (κ1) is 31.2. The molecule has 10 heteroatoms.